The lowest BCUT2D eigenvalue weighted by Crippen LogP contribution is -2.55. The summed E-state index contributed by atoms with van der Waals surface area (Å²) in [5.41, 5.74) is 8.77. The third-order valence-corrected chi connectivity index (χ3v) is 15.7. The van der Waals surface area contributed by atoms with Gasteiger partial charge in [-0.3, -0.25) is 28.9 Å². The number of rotatable bonds is 28. The molecule has 4 heterocycles. The van der Waals surface area contributed by atoms with E-state index in [2.05, 4.69) is 15.1 Å². The number of ether oxygens (including phenoxy) is 6. The van der Waals surface area contributed by atoms with Crippen molar-refractivity contribution in [2.24, 2.45) is 5.92 Å². The molecule has 2 fully saturated rings. The molecule has 3 atom stereocenters. The molecule has 0 saturated carbocycles. The first-order chi connectivity index (χ1) is 38.7. The highest BCUT2D eigenvalue weighted by Gasteiger charge is 2.46. The Morgan fingerprint density at radius 1 is 0.825 bits per heavy atom. The Kier molecular flexibility index (Phi) is 21.0. The molecule has 0 spiro atoms. The van der Waals surface area contributed by atoms with Gasteiger partial charge in [0, 0.05) is 50.4 Å². The molecule has 80 heavy (non-hydrogen) atoms. The van der Waals surface area contributed by atoms with Gasteiger partial charge in [0.25, 0.3) is 17.1 Å². The van der Waals surface area contributed by atoms with Crippen molar-refractivity contribution in [3.8, 4) is 27.7 Å². The highest BCUT2D eigenvalue weighted by Crippen LogP contribution is 2.36. The van der Waals surface area contributed by atoms with Gasteiger partial charge in [-0.05, 0) is 122 Å². The summed E-state index contributed by atoms with van der Waals surface area (Å²) < 4.78 is 35.3. The van der Waals surface area contributed by atoms with E-state index in [1.54, 1.807) is 46.8 Å². The molecule has 20 heteroatoms. The van der Waals surface area contributed by atoms with Gasteiger partial charge in [-0.15, -0.1) is 11.3 Å². The summed E-state index contributed by atoms with van der Waals surface area (Å²) in [5.74, 6) is 0.289. The van der Waals surface area contributed by atoms with Crippen LogP contribution in [0.3, 0.4) is 0 Å². The zero-order valence-corrected chi connectivity index (χ0v) is 47.4. The fourth-order valence-corrected chi connectivity index (χ4v) is 11.4. The number of β-amino-alcohol motifs (C(OH)–C–C–N with tert-alkyl or cyclic N) is 1. The number of nitrogens with zero attached hydrogens (tertiary/aromatic N) is 5. The van der Waals surface area contributed by atoms with E-state index in [4.69, 9.17) is 35.0 Å². The number of likely N-dealkylation sites (tertiary alicyclic amines) is 1. The number of carbonyl (C=O) groups is 5. The monoisotopic (exact) mass is 1130 g/mol. The van der Waals surface area contributed by atoms with Crippen LogP contribution in [-0.4, -0.2) is 144 Å². The van der Waals surface area contributed by atoms with Crippen LogP contribution in [0.5, 0.6) is 17.2 Å². The molecular formula is C60H68N6O12S2. The summed E-state index contributed by atoms with van der Waals surface area (Å²) in [5, 5.41) is 13.4. The van der Waals surface area contributed by atoms with Gasteiger partial charge in [-0.25, -0.2) is 9.83 Å². The van der Waals surface area contributed by atoms with Gasteiger partial charge < -0.3 is 48.6 Å². The third kappa shape index (κ3) is 15.1. The number of thiazole rings is 1. The van der Waals surface area contributed by atoms with E-state index in [9.17, 15) is 29.1 Å². The Labute approximate surface area is 475 Å². The fourth-order valence-electron chi connectivity index (χ4n) is 9.69. The lowest BCUT2D eigenvalue weighted by atomic mass is 10.0. The average molecular weight is 1130 g/mol. The van der Waals surface area contributed by atoms with Crippen molar-refractivity contribution in [3.63, 3.8) is 0 Å². The number of aliphatic hydroxyl groups is 1. The highest BCUT2D eigenvalue weighted by molar-refractivity contribution is 8.18. The van der Waals surface area contributed by atoms with Gasteiger partial charge in [0.05, 0.1) is 79.8 Å². The van der Waals surface area contributed by atoms with Crippen LogP contribution in [0.1, 0.15) is 77.0 Å². The normalized spacial score (nSPS) is 16.9. The molecule has 422 valence electrons. The molecule has 0 radical (unpaired) electrons. The number of amides is 5. The summed E-state index contributed by atoms with van der Waals surface area (Å²) in [7, 11) is 0. The number of hydrogen-bond donors (Lipinski definition) is 2. The SMILES string of the molecule is [C-]#[N+]c1ccc(Oc2ccc(/C=C3\SC(=O)N(CCOCCOCCCCOCCOCCOc4cc(-c5scnc5C)ccc4CNC(=O)[C@@H]4C[C@@H](O)CN4C(=O)[C@H](C(C)C)N4Cc5ccccc5C4=O)C3=O)cc2C)c(C)c1. The highest BCUT2D eigenvalue weighted by atomic mass is 32.2. The number of hydrogen-bond acceptors (Lipinski definition) is 15. The van der Waals surface area contributed by atoms with Crippen LogP contribution in [0.2, 0.25) is 0 Å². The quantitative estimate of drug-likeness (QED) is 0.0273. The predicted octanol–water partition coefficient (Wildman–Crippen LogP) is 9.30. The number of nitrogens with one attached hydrogen (secondary N) is 1. The first kappa shape index (κ1) is 59.2. The van der Waals surface area contributed by atoms with Crippen molar-refractivity contribution >= 4 is 63.7 Å². The molecule has 1 aromatic heterocycles. The smallest absolute Gasteiger partial charge is 0.293 e. The van der Waals surface area contributed by atoms with E-state index >= 15 is 0 Å². The first-order valence-corrected chi connectivity index (χ1v) is 28.5. The maximum absolute atomic E-state index is 14.3. The predicted molar refractivity (Wildman–Crippen MR) is 305 cm³/mol. The van der Waals surface area contributed by atoms with E-state index < -0.39 is 24.1 Å². The van der Waals surface area contributed by atoms with Crippen LogP contribution >= 0.6 is 23.1 Å². The second-order valence-electron chi connectivity index (χ2n) is 20.0. The summed E-state index contributed by atoms with van der Waals surface area (Å²) in [6, 6.07) is 22.2. The summed E-state index contributed by atoms with van der Waals surface area (Å²) in [4.78, 5) is 80.8. The van der Waals surface area contributed by atoms with E-state index in [0.717, 1.165) is 68.6 Å². The van der Waals surface area contributed by atoms with Crippen LogP contribution in [0.15, 0.2) is 89.3 Å². The van der Waals surface area contributed by atoms with Crippen LogP contribution in [0, 0.1) is 33.3 Å². The molecule has 0 unspecified atom stereocenters. The number of aliphatic hydroxyl groups excluding tert-OH is 1. The third-order valence-electron chi connectivity index (χ3n) is 13.9. The lowest BCUT2D eigenvalue weighted by molar-refractivity contribution is -0.143. The van der Waals surface area contributed by atoms with Crippen LogP contribution in [0.25, 0.3) is 21.4 Å². The van der Waals surface area contributed by atoms with Crippen LogP contribution < -0.4 is 14.8 Å². The Bertz CT molecular complexity index is 3100. The maximum Gasteiger partial charge on any atom is 0.293 e. The number of aromatic nitrogens is 1. The largest absolute Gasteiger partial charge is 0.491 e. The van der Waals surface area contributed by atoms with Gasteiger partial charge in [-0.2, -0.15) is 0 Å². The Morgan fingerprint density at radius 2 is 1.51 bits per heavy atom. The van der Waals surface area contributed by atoms with E-state index in [0.29, 0.717) is 86.2 Å². The molecule has 5 amide bonds. The molecule has 18 nitrogen and oxygen atoms in total. The summed E-state index contributed by atoms with van der Waals surface area (Å²) in [6.07, 6.45) is 2.48. The van der Waals surface area contributed by atoms with Gasteiger partial charge in [0.15, 0.2) is 5.69 Å². The zero-order chi connectivity index (χ0) is 56.7. The number of imide groups is 1. The van der Waals surface area contributed by atoms with Gasteiger partial charge in [0.2, 0.25) is 11.8 Å². The minimum Gasteiger partial charge on any atom is -0.491 e. The molecule has 2 N–H and O–H groups in total. The average Bonchev–Trinajstić information content (AvgIpc) is 4.22. The Hall–Kier alpha value is -6.96. The molecule has 8 rings (SSSR count). The molecule has 0 bridgehead atoms. The standard InChI is InChI=1S/C60H68N6O12S2/c1-38(2)54(66-35-45-11-7-8-12-48(45)57(66)69)59(71)65-36-47(67)33-49(65)56(68)62-34-44-15-14-43(55-41(5)63-37-79-55)32-52(44)77-28-27-76-26-24-74-21-10-9-20-73-23-25-75-22-19-64-58(70)53(80-60(64)72)31-42-13-17-50(39(3)29-42)78-51-18-16-46(61-6)30-40(51)4/h7-8,11-18,29-32,37-38,47,49,54,67H,9-10,19-28,33-36H2,1-5H3,(H,62,68)/b53-31-/t47-,49+,54+/m1/s1. The van der Waals surface area contributed by atoms with Crippen molar-refractivity contribution in [1.82, 2.24) is 25.0 Å². The van der Waals surface area contributed by atoms with Crippen molar-refractivity contribution in [2.45, 2.75) is 85.2 Å². The zero-order valence-electron chi connectivity index (χ0n) is 45.8. The van der Waals surface area contributed by atoms with Gasteiger partial charge in [0.1, 0.15) is 35.9 Å². The number of unbranched alkanes of at least 4 members (excludes halogenated alkanes) is 1. The lowest BCUT2D eigenvalue weighted by Gasteiger charge is -2.35. The second kappa shape index (κ2) is 28.5. The van der Waals surface area contributed by atoms with Crippen LogP contribution in [-0.2, 0) is 46.4 Å². The van der Waals surface area contributed by atoms with Crippen molar-refractivity contribution in [2.75, 3.05) is 72.6 Å². The van der Waals surface area contributed by atoms with E-state index in [-0.39, 0.29) is 68.1 Å². The first-order valence-electron chi connectivity index (χ1n) is 26.8. The number of thioether (sulfide) groups is 1. The molecule has 3 aliphatic rings. The molecule has 5 aromatic rings. The number of aryl methyl sites for hydroxylation is 3. The minimum absolute atomic E-state index is 0.00928. The minimum atomic E-state index is -0.920. The van der Waals surface area contributed by atoms with Crippen molar-refractivity contribution < 1.29 is 57.5 Å². The van der Waals surface area contributed by atoms with Gasteiger partial charge >= 0.3 is 0 Å². The molecular weight excluding hydrogens is 1060 g/mol. The Balaban J connectivity index is 0.689. The number of carbonyl (C=O) groups excluding carboxylic acids is 5. The van der Waals surface area contributed by atoms with Gasteiger partial charge in [-0.1, -0.05) is 56.3 Å². The molecule has 2 saturated heterocycles. The summed E-state index contributed by atoms with van der Waals surface area (Å²) in [6.45, 7) is 20.5. The second-order valence-corrected chi connectivity index (χ2v) is 21.9. The van der Waals surface area contributed by atoms with E-state index in [1.807, 2.05) is 83.1 Å². The molecule has 0 aliphatic carbocycles. The van der Waals surface area contributed by atoms with Crippen molar-refractivity contribution in [3.05, 3.63) is 140 Å². The van der Waals surface area contributed by atoms with Crippen LogP contribution in [0.4, 0.5) is 10.5 Å². The number of fused-ring (bicyclic) bond motifs is 1. The fraction of sp³-hybridized carbons (Fsp3) is 0.417. The maximum atomic E-state index is 14.3. The summed E-state index contributed by atoms with van der Waals surface area (Å²) >= 11 is 2.42. The topological polar surface area (TPSA) is 200 Å². The number of benzene rings is 4. The van der Waals surface area contributed by atoms with Crippen molar-refractivity contribution in [1.29, 1.82) is 0 Å². The molecule has 4 aromatic carbocycles. The molecule has 3 aliphatic heterocycles. The van der Waals surface area contributed by atoms with E-state index in [1.165, 1.54) is 21.1 Å². The Morgan fingerprint density at radius 3 is 2.19 bits per heavy atom.